The van der Waals surface area contributed by atoms with Crippen molar-refractivity contribution in [2.45, 2.75) is 0 Å². The third-order valence-electron chi connectivity index (χ3n) is 2.48. The number of benzene rings is 1. The molecule has 3 aromatic rings. The highest BCUT2D eigenvalue weighted by molar-refractivity contribution is 7.16. The first kappa shape index (κ1) is 12.2. The van der Waals surface area contributed by atoms with E-state index in [1.807, 2.05) is 17.5 Å². The predicted octanol–water partition coefficient (Wildman–Crippen LogP) is 5.32. The third-order valence-corrected chi connectivity index (χ3v) is 4.01. The summed E-state index contributed by atoms with van der Waals surface area (Å²) in [5.41, 5.74) is 1.53. The van der Waals surface area contributed by atoms with Gasteiger partial charge in [0.15, 0.2) is 0 Å². The summed E-state index contributed by atoms with van der Waals surface area (Å²) in [5.74, 6) is 0. The number of rotatable bonds is 1. The average molecular weight is 316 g/mol. The van der Waals surface area contributed by atoms with Gasteiger partial charge in [-0.2, -0.15) is 0 Å². The van der Waals surface area contributed by atoms with E-state index in [-0.39, 0.29) is 5.28 Å². The SMILES string of the molecule is Clc1ccc(-c2nc(Cl)nc3sccc23)c(Cl)c1. The van der Waals surface area contributed by atoms with Crippen molar-refractivity contribution in [3.05, 3.63) is 45.0 Å². The molecule has 0 saturated carbocycles. The van der Waals surface area contributed by atoms with Crippen LogP contribution in [0, 0.1) is 0 Å². The molecule has 0 aliphatic carbocycles. The number of aromatic nitrogens is 2. The van der Waals surface area contributed by atoms with Crippen molar-refractivity contribution in [3.8, 4) is 11.3 Å². The molecule has 0 saturated heterocycles. The zero-order valence-electron chi connectivity index (χ0n) is 8.82. The van der Waals surface area contributed by atoms with Crippen LogP contribution in [-0.2, 0) is 0 Å². The summed E-state index contributed by atoms with van der Waals surface area (Å²) in [6.07, 6.45) is 0. The molecule has 0 spiro atoms. The van der Waals surface area contributed by atoms with Gasteiger partial charge in [0, 0.05) is 16.0 Å². The van der Waals surface area contributed by atoms with E-state index in [2.05, 4.69) is 9.97 Å². The van der Waals surface area contributed by atoms with Gasteiger partial charge in [0.1, 0.15) is 4.83 Å². The lowest BCUT2D eigenvalue weighted by Crippen LogP contribution is -1.89. The Morgan fingerprint density at radius 2 is 1.83 bits per heavy atom. The molecule has 0 atom stereocenters. The molecular formula is C12H5Cl3N2S. The Balaban J connectivity index is 2.33. The number of halogens is 3. The Morgan fingerprint density at radius 3 is 2.61 bits per heavy atom. The van der Waals surface area contributed by atoms with Crippen LogP contribution < -0.4 is 0 Å². The normalized spacial score (nSPS) is 11.1. The molecule has 6 heteroatoms. The van der Waals surface area contributed by atoms with E-state index in [4.69, 9.17) is 34.8 Å². The van der Waals surface area contributed by atoms with Crippen molar-refractivity contribution in [2.24, 2.45) is 0 Å². The monoisotopic (exact) mass is 314 g/mol. The molecule has 0 aliphatic heterocycles. The fourth-order valence-corrected chi connectivity index (χ4v) is 3.20. The summed E-state index contributed by atoms with van der Waals surface area (Å²) in [6.45, 7) is 0. The van der Waals surface area contributed by atoms with Gasteiger partial charge in [-0.15, -0.1) is 11.3 Å². The van der Waals surface area contributed by atoms with Gasteiger partial charge in [0.2, 0.25) is 5.28 Å². The first-order valence-electron chi connectivity index (χ1n) is 5.01. The largest absolute Gasteiger partial charge is 0.224 e. The fourth-order valence-electron chi connectivity index (χ4n) is 1.72. The van der Waals surface area contributed by atoms with Gasteiger partial charge in [-0.1, -0.05) is 23.2 Å². The van der Waals surface area contributed by atoms with Crippen LogP contribution in [0.2, 0.25) is 15.3 Å². The summed E-state index contributed by atoms with van der Waals surface area (Å²) in [4.78, 5) is 9.28. The molecule has 2 aromatic heterocycles. The minimum atomic E-state index is 0.214. The van der Waals surface area contributed by atoms with E-state index in [0.29, 0.717) is 10.0 Å². The zero-order valence-corrected chi connectivity index (χ0v) is 11.9. The summed E-state index contributed by atoms with van der Waals surface area (Å²) in [5, 5.41) is 4.23. The van der Waals surface area contributed by atoms with Crippen LogP contribution in [0.4, 0.5) is 0 Å². The molecule has 0 radical (unpaired) electrons. The van der Waals surface area contributed by atoms with Crippen molar-refractivity contribution in [3.63, 3.8) is 0 Å². The first-order chi connectivity index (χ1) is 8.65. The third kappa shape index (κ3) is 2.08. The molecule has 0 amide bonds. The van der Waals surface area contributed by atoms with Crippen LogP contribution in [-0.4, -0.2) is 9.97 Å². The van der Waals surface area contributed by atoms with Crippen LogP contribution in [0.5, 0.6) is 0 Å². The first-order valence-corrected chi connectivity index (χ1v) is 7.02. The van der Waals surface area contributed by atoms with Gasteiger partial charge >= 0.3 is 0 Å². The lowest BCUT2D eigenvalue weighted by molar-refractivity contribution is 1.24. The highest BCUT2D eigenvalue weighted by Gasteiger charge is 2.12. The highest BCUT2D eigenvalue weighted by atomic mass is 35.5. The Labute approximate surface area is 122 Å². The molecule has 0 bridgehead atoms. The van der Waals surface area contributed by atoms with Crippen LogP contribution in [0.1, 0.15) is 0 Å². The van der Waals surface area contributed by atoms with E-state index < -0.39 is 0 Å². The van der Waals surface area contributed by atoms with E-state index in [1.54, 1.807) is 12.1 Å². The number of hydrogen-bond donors (Lipinski definition) is 0. The fraction of sp³-hybridized carbons (Fsp3) is 0. The van der Waals surface area contributed by atoms with E-state index >= 15 is 0 Å². The van der Waals surface area contributed by atoms with Crippen molar-refractivity contribution in [1.82, 2.24) is 9.97 Å². The Morgan fingerprint density at radius 1 is 1.00 bits per heavy atom. The van der Waals surface area contributed by atoms with Crippen LogP contribution in [0.15, 0.2) is 29.6 Å². The maximum atomic E-state index is 6.20. The number of nitrogens with zero attached hydrogens (tertiary/aromatic N) is 2. The summed E-state index contributed by atoms with van der Waals surface area (Å²) in [7, 11) is 0. The highest BCUT2D eigenvalue weighted by Crippen LogP contribution is 2.35. The quantitative estimate of drug-likeness (QED) is 0.568. The van der Waals surface area contributed by atoms with Crippen molar-refractivity contribution in [2.75, 3.05) is 0 Å². The second-order valence-corrected chi connectivity index (χ2v) is 5.68. The molecule has 0 aliphatic rings. The molecule has 2 heterocycles. The summed E-state index contributed by atoms with van der Waals surface area (Å²) >= 11 is 19.5. The van der Waals surface area contributed by atoms with Crippen molar-refractivity contribution < 1.29 is 0 Å². The summed E-state index contributed by atoms with van der Waals surface area (Å²) in [6, 6.07) is 7.25. The topological polar surface area (TPSA) is 25.8 Å². The Kier molecular flexibility index (Phi) is 3.16. The smallest absolute Gasteiger partial charge is 0.217 e. The van der Waals surface area contributed by atoms with Gasteiger partial charge in [0.05, 0.1) is 10.7 Å². The van der Waals surface area contributed by atoms with E-state index in [0.717, 1.165) is 21.5 Å². The number of thiophene rings is 1. The lowest BCUT2D eigenvalue weighted by atomic mass is 10.1. The van der Waals surface area contributed by atoms with Crippen LogP contribution in [0.25, 0.3) is 21.5 Å². The standard InChI is InChI=1S/C12H5Cl3N2S/c13-6-1-2-7(9(14)5-6)10-8-3-4-18-11(8)17-12(15)16-10/h1-5H. The maximum absolute atomic E-state index is 6.20. The second-order valence-electron chi connectivity index (χ2n) is 3.60. The van der Waals surface area contributed by atoms with Crippen LogP contribution >= 0.6 is 46.1 Å². The zero-order chi connectivity index (χ0) is 12.7. The number of fused-ring (bicyclic) bond motifs is 1. The van der Waals surface area contributed by atoms with E-state index in [1.165, 1.54) is 11.3 Å². The molecule has 2 nitrogen and oxygen atoms in total. The van der Waals surface area contributed by atoms with Gasteiger partial charge in [-0.3, -0.25) is 0 Å². The van der Waals surface area contributed by atoms with Crippen LogP contribution in [0.3, 0.4) is 0 Å². The van der Waals surface area contributed by atoms with Gasteiger partial charge in [0.25, 0.3) is 0 Å². The van der Waals surface area contributed by atoms with Crippen molar-refractivity contribution >= 4 is 56.4 Å². The number of hydrogen-bond acceptors (Lipinski definition) is 3. The Bertz CT molecular complexity index is 739. The molecule has 3 rings (SSSR count). The maximum Gasteiger partial charge on any atom is 0.224 e. The molecule has 90 valence electrons. The molecule has 18 heavy (non-hydrogen) atoms. The molecule has 0 N–H and O–H groups in total. The minimum absolute atomic E-state index is 0.214. The molecule has 1 aromatic carbocycles. The average Bonchev–Trinajstić information content (AvgIpc) is 2.76. The van der Waals surface area contributed by atoms with Crippen molar-refractivity contribution in [1.29, 1.82) is 0 Å². The summed E-state index contributed by atoms with van der Waals surface area (Å²) < 4.78 is 0. The molecular weight excluding hydrogens is 311 g/mol. The predicted molar refractivity (Wildman–Crippen MR) is 77.9 cm³/mol. The van der Waals surface area contributed by atoms with Gasteiger partial charge < -0.3 is 0 Å². The molecule has 0 unspecified atom stereocenters. The van der Waals surface area contributed by atoms with E-state index in [9.17, 15) is 0 Å². The lowest BCUT2D eigenvalue weighted by Gasteiger charge is -2.06. The van der Waals surface area contributed by atoms with Gasteiger partial charge in [-0.05, 0) is 41.2 Å². The second kappa shape index (κ2) is 4.67. The minimum Gasteiger partial charge on any atom is -0.217 e. The van der Waals surface area contributed by atoms with Gasteiger partial charge in [-0.25, -0.2) is 9.97 Å². The Hall–Kier alpha value is -0.870. The molecule has 0 fully saturated rings.